The Morgan fingerprint density at radius 1 is 1.33 bits per heavy atom. The highest BCUT2D eigenvalue weighted by atomic mass is 19.4. The van der Waals surface area contributed by atoms with Gasteiger partial charge in [-0.05, 0) is 18.1 Å². The topological polar surface area (TPSA) is 76.1 Å². The van der Waals surface area contributed by atoms with Crippen molar-refractivity contribution < 1.29 is 37.3 Å². The summed E-state index contributed by atoms with van der Waals surface area (Å²) in [6.07, 6.45) is -4.94. The lowest BCUT2D eigenvalue weighted by Crippen LogP contribution is -2.52. The minimum atomic E-state index is -4.82. The molecule has 1 aliphatic rings. The first-order chi connectivity index (χ1) is 11.3. The number of aryl methyl sites for hydroxylation is 1. The van der Waals surface area contributed by atoms with Gasteiger partial charge in [-0.1, -0.05) is 18.2 Å². The number of alkyl halides is 3. The molecule has 1 heterocycles. The minimum absolute atomic E-state index is 0.00871. The maximum Gasteiger partial charge on any atom is 0.573 e. The average Bonchev–Trinajstić information content (AvgIpc) is 2.52. The van der Waals surface area contributed by atoms with Crippen molar-refractivity contribution in [3.8, 4) is 5.75 Å². The maximum absolute atomic E-state index is 12.4. The molecule has 0 aliphatic carbocycles. The molecule has 1 saturated heterocycles. The van der Waals surface area contributed by atoms with Crippen LogP contribution in [0.2, 0.25) is 0 Å². The molecule has 6 nitrogen and oxygen atoms in total. The van der Waals surface area contributed by atoms with Crippen LogP contribution < -0.4 is 4.74 Å². The van der Waals surface area contributed by atoms with E-state index in [2.05, 4.69) is 4.74 Å². The molecule has 1 fully saturated rings. The molecule has 0 spiro atoms. The number of carboxylic acid groups (broad SMARTS) is 1. The van der Waals surface area contributed by atoms with Gasteiger partial charge < -0.3 is 19.5 Å². The van der Waals surface area contributed by atoms with Crippen LogP contribution in [0.5, 0.6) is 5.75 Å². The quantitative estimate of drug-likeness (QED) is 0.879. The van der Waals surface area contributed by atoms with Crippen molar-refractivity contribution in [1.29, 1.82) is 0 Å². The van der Waals surface area contributed by atoms with E-state index in [9.17, 15) is 22.8 Å². The molecule has 0 aromatic heterocycles. The van der Waals surface area contributed by atoms with Crippen molar-refractivity contribution in [2.45, 2.75) is 25.2 Å². The first-order valence-corrected chi connectivity index (χ1v) is 7.21. The molecule has 0 saturated carbocycles. The van der Waals surface area contributed by atoms with E-state index in [1.54, 1.807) is 0 Å². The van der Waals surface area contributed by atoms with E-state index in [4.69, 9.17) is 9.84 Å². The van der Waals surface area contributed by atoms with E-state index >= 15 is 0 Å². The number of benzene rings is 1. The number of ether oxygens (including phenoxy) is 2. The summed E-state index contributed by atoms with van der Waals surface area (Å²) in [5.74, 6) is -1.99. The molecule has 1 amide bonds. The van der Waals surface area contributed by atoms with Crippen LogP contribution in [0.3, 0.4) is 0 Å². The van der Waals surface area contributed by atoms with E-state index in [1.807, 2.05) is 0 Å². The van der Waals surface area contributed by atoms with Crippen LogP contribution in [0.15, 0.2) is 24.3 Å². The molecule has 0 bridgehead atoms. The van der Waals surface area contributed by atoms with Gasteiger partial charge in [-0.3, -0.25) is 4.79 Å². The van der Waals surface area contributed by atoms with Gasteiger partial charge in [0.2, 0.25) is 5.91 Å². The number of nitrogens with zero attached hydrogens (tertiary/aromatic N) is 1. The highest BCUT2D eigenvalue weighted by molar-refractivity contribution is 5.84. The molecule has 24 heavy (non-hydrogen) atoms. The van der Waals surface area contributed by atoms with Crippen LogP contribution in [0.1, 0.15) is 12.0 Å². The third-order valence-corrected chi connectivity index (χ3v) is 3.54. The molecule has 1 aromatic rings. The molecule has 1 N–H and O–H groups in total. The molecule has 1 unspecified atom stereocenters. The van der Waals surface area contributed by atoms with E-state index in [1.165, 1.54) is 29.2 Å². The summed E-state index contributed by atoms with van der Waals surface area (Å²) in [5.41, 5.74) is 0.225. The van der Waals surface area contributed by atoms with Gasteiger partial charge in [-0.15, -0.1) is 13.2 Å². The number of rotatable bonds is 5. The van der Waals surface area contributed by atoms with Gasteiger partial charge in [0.25, 0.3) is 0 Å². The zero-order valence-corrected chi connectivity index (χ0v) is 12.6. The molecule has 1 atom stereocenters. The Bertz CT molecular complexity index is 605. The number of amides is 1. The Hall–Kier alpha value is -2.29. The number of carbonyl (C=O) groups excluding carboxylic acids is 1. The number of carboxylic acids is 1. The summed E-state index contributed by atoms with van der Waals surface area (Å²) in [6, 6.07) is 4.46. The summed E-state index contributed by atoms with van der Waals surface area (Å²) in [7, 11) is 0. The Morgan fingerprint density at radius 3 is 2.71 bits per heavy atom. The fourth-order valence-electron chi connectivity index (χ4n) is 2.43. The average molecular weight is 347 g/mol. The number of carbonyl (C=O) groups is 2. The monoisotopic (exact) mass is 347 g/mol. The molecule has 132 valence electrons. The molecular formula is C15H16F3NO5. The number of halogens is 3. The summed E-state index contributed by atoms with van der Waals surface area (Å²) < 4.78 is 46.1. The fraction of sp³-hybridized carbons (Fsp3) is 0.467. The van der Waals surface area contributed by atoms with Gasteiger partial charge in [-0.2, -0.15) is 0 Å². The van der Waals surface area contributed by atoms with E-state index in [-0.39, 0.29) is 43.9 Å². The second-order valence-corrected chi connectivity index (χ2v) is 5.17. The van der Waals surface area contributed by atoms with Crippen LogP contribution >= 0.6 is 0 Å². The molecule has 9 heteroatoms. The molecule has 1 aliphatic heterocycles. The first kappa shape index (κ1) is 18.1. The lowest BCUT2D eigenvalue weighted by atomic mass is 10.1. The van der Waals surface area contributed by atoms with E-state index in [0.717, 1.165) is 0 Å². The maximum atomic E-state index is 12.4. The van der Waals surface area contributed by atoms with Gasteiger partial charge >= 0.3 is 12.3 Å². The minimum Gasteiger partial charge on any atom is -0.480 e. The normalized spacial score (nSPS) is 18.3. The molecule has 0 radical (unpaired) electrons. The summed E-state index contributed by atoms with van der Waals surface area (Å²) in [4.78, 5) is 24.5. The van der Waals surface area contributed by atoms with Crippen molar-refractivity contribution >= 4 is 11.9 Å². The zero-order chi connectivity index (χ0) is 17.7. The SMILES string of the molecule is O=C(O)C1COCCN1C(=O)CCc1ccccc1OC(F)(F)F. The summed E-state index contributed by atoms with van der Waals surface area (Å²) >= 11 is 0. The third kappa shape index (κ3) is 4.85. The summed E-state index contributed by atoms with van der Waals surface area (Å²) in [6.45, 7) is 0.259. The Kier molecular flexibility index (Phi) is 5.66. The van der Waals surface area contributed by atoms with Gasteiger partial charge in [-0.25, -0.2) is 4.79 Å². The predicted molar refractivity (Wildman–Crippen MR) is 75.4 cm³/mol. The Labute approximate surface area is 135 Å². The van der Waals surface area contributed by atoms with Crippen molar-refractivity contribution in [2.75, 3.05) is 19.8 Å². The highest BCUT2D eigenvalue weighted by Gasteiger charge is 2.33. The van der Waals surface area contributed by atoms with Crippen molar-refractivity contribution in [3.63, 3.8) is 0 Å². The van der Waals surface area contributed by atoms with E-state index in [0.29, 0.717) is 0 Å². The zero-order valence-electron chi connectivity index (χ0n) is 12.6. The van der Waals surface area contributed by atoms with E-state index < -0.39 is 24.3 Å². The number of morpholine rings is 1. The van der Waals surface area contributed by atoms with Crippen molar-refractivity contribution in [1.82, 2.24) is 4.90 Å². The summed E-state index contributed by atoms with van der Waals surface area (Å²) in [5, 5.41) is 9.10. The van der Waals surface area contributed by atoms with Gasteiger partial charge in [0.05, 0.1) is 13.2 Å². The first-order valence-electron chi connectivity index (χ1n) is 7.21. The lowest BCUT2D eigenvalue weighted by Gasteiger charge is -2.33. The number of hydrogen-bond donors (Lipinski definition) is 1. The molecule has 1 aromatic carbocycles. The van der Waals surface area contributed by atoms with Gasteiger partial charge in [0.1, 0.15) is 5.75 Å². The second-order valence-electron chi connectivity index (χ2n) is 5.17. The van der Waals surface area contributed by atoms with Crippen molar-refractivity contribution in [2.24, 2.45) is 0 Å². The van der Waals surface area contributed by atoms with Crippen LogP contribution in [0, 0.1) is 0 Å². The third-order valence-electron chi connectivity index (χ3n) is 3.54. The number of para-hydroxylation sites is 1. The highest BCUT2D eigenvalue weighted by Crippen LogP contribution is 2.27. The number of hydrogen-bond acceptors (Lipinski definition) is 4. The van der Waals surface area contributed by atoms with Crippen LogP contribution in [-0.2, 0) is 20.7 Å². The van der Waals surface area contributed by atoms with Crippen LogP contribution in [0.4, 0.5) is 13.2 Å². The lowest BCUT2D eigenvalue weighted by molar-refractivity contribution is -0.274. The standard InChI is InChI=1S/C15H16F3NO5/c16-15(17,18)24-12-4-2-1-3-10(12)5-6-13(20)19-7-8-23-9-11(19)14(21)22/h1-4,11H,5-9H2,(H,21,22). The predicted octanol–water partition coefficient (Wildman–Crippen LogP) is 1.83. The van der Waals surface area contributed by atoms with Crippen LogP contribution in [0.25, 0.3) is 0 Å². The smallest absolute Gasteiger partial charge is 0.480 e. The molecular weight excluding hydrogens is 331 g/mol. The van der Waals surface area contributed by atoms with Crippen molar-refractivity contribution in [3.05, 3.63) is 29.8 Å². The second kappa shape index (κ2) is 7.52. The Balaban J connectivity index is 2.02. The van der Waals surface area contributed by atoms with Gasteiger partial charge in [0, 0.05) is 13.0 Å². The Morgan fingerprint density at radius 2 is 2.04 bits per heavy atom. The van der Waals surface area contributed by atoms with Gasteiger partial charge in [0.15, 0.2) is 6.04 Å². The van der Waals surface area contributed by atoms with Crippen LogP contribution in [-0.4, -0.2) is 54.0 Å². The number of aliphatic carboxylic acids is 1. The molecule has 2 rings (SSSR count). The fourth-order valence-corrected chi connectivity index (χ4v) is 2.43. The largest absolute Gasteiger partial charge is 0.573 e.